The predicted molar refractivity (Wildman–Crippen MR) is 130 cm³/mol. The van der Waals surface area contributed by atoms with Gasteiger partial charge in [-0.1, -0.05) is 18.2 Å². The zero-order valence-electron chi connectivity index (χ0n) is 19.2. The minimum atomic E-state index is 0.137. The highest BCUT2D eigenvalue weighted by Crippen LogP contribution is 2.61. The smallest absolute Gasteiger partial charge is 0.224 e. The molecule has 33 heavy (non-hydrogen) atoms. The fourth-order valence-corrected chi connectivity index (χ4v) is 7.40. The molecule has 1 amide bonds. The summed E-state index contributed by atoms with van der Waals surface area (Å²) in [5.74, 6) is 4.14. The van der Waals surface area contributed by atoms with Crippen LogP contribution >= 0.6 is 0 Å². The SMILES string of the molecule is COc1ccccc1Cn1nc2cc(NC(=O)CC34CC5CC(CC(C5)C3)C4)ccc2c1N. The number of fused-ring (bicyclic) bond motifs is 1. The summed E-state index contributed by atoms with van der Waals surface area (Å²) in [4.78, 5) is 13.0. The fraction of sp³-hybridized carbons (Fsp3) is 0.481. The van der Waals surface area contributed by atoms with E-state index in [-0.39, 0.29) is 11.3 Å². The fourth-order valence-electron chi connectivity index (χ4n) is 7.40. The van der Waals surface area contributed by atoms with Gasteiger partial charge in [-0.05, 0) is 86.0 Å². The number of carbonyl (C=O) groups is 1. The van der Waals surface area contributed by atoms with Crippen LogP contribution < -0.4 is 15.8 Å². The van der Waals surface area contributed by atoms with Crippen molar-refractivity contribution in [2.75, 3.05) is 18.2 Å². The molecule has 2 aromatic carbocycles. The Morgan fingerprint density at radius 3 is 2.52 bits per heavy atom. The average molecular weight is 445 g/mol. The quantitative estimate of drug-likeness (QED) is 0.546. The van der Waals surface area contributed by atoms with Gasteiger partial charge in [0.05, 0.1) is 19.2 Å². The molecule has 1 aromatic heterocycles. The Morgan fingerprint density at radius 1 is 1.12 bits per heavy atom. The number of rotatable bonds is 6. The van der Waals surface area contributed by atoms with Crippen LogP contribution in [0.2, 0.25) is 0 Å². The van der Waals surface area contributed by atoms with Crippen LogP contribution in [0.3, 0.4) is 0 Å². The lowest BCUT2D eigenvalue weighted by molar-refractivity contribution is -0.124. The molecular formula is C27H32N4O2. The second kappa shape index (κ2) is 7.79. The van der Waals surface area contributed by atoms with Crippen LogP contribution in [0.25, 0.3) is 10.9 Å². The summed E-state index contributed by atoms with van der Waals surface area (Å²) in [6, 6.07) is 13.7. The Morgan fingerprint density at radius 2 is 1.82 bits per heavy atom. The molecule has 4 bridgehead atoms. The van der Waals surface area contributed by atoms with Gasteiger partial charge in [0, 0.05) is 23.1 Å². The first-order chi connectivity index (χ1) is 16.0. The van der Waals surface area contributed by atoms with Gasteiger partial charge < -0.3 is 15.8 Å². The Bertz CT molecular complexity index is 1180. The van der Waals surface area contributed by atoms with Crippen LogP contribution in [0.15, 0.2) is 42.5 Å². The predicted octanol–water partition coefficient (Wildman–Crippen LogP) is 5.22. The van der Waals surface area contributed by atoms with Gasteiger partial charge in [-0.15, -0.1) is 0 Å². The summed E-state index contributed by atoms with van der Waals surface area (Å²) in [5, 5.41) is 8.77. The maximum absolute atomic E-state index is 13.0. The van der Waals surface area contributed by atoms with E-state index in [0.717, 1.165) is 45.7 Å². The largest absolute Gasteiger partial charge is 0.496 e. The van der Waals surface area contributed by atoms with Gasteiger partial charge in [-0.25, -0.2) is 4.68 Å². The van der Waals surface area contributed by atoms with E-state index in [1.54, 1.807) is 11.8 Å². The van der Waals surface area contributed by atoms with Crippen LogP contribution in [0.4, 0.5) is 11.5 Å². The maximum atomic E-state index is 13.0. The van der Waals surface area contributed by atoms with Crippen molar-refractivity contribution in [3.8, 4) is 5.75 Å². The van der Waals surface area contributed by atoms with Gasteiger partial charge in [0.25, 0.3) is 0 Å². The maximum Gasteiger partial charge on any atom is 0.224 e. The molecule has 172 valence electrons. The molecule has 4 fully saturated rings. The van der Waals surface area contributed by atoms with E-state index >= 15 is 0 Å². The van der Waals surface area contributed by atoms with Gasteiger partial charge in [0.2, 0.25) is 5.91 Å². The molecule has 0 spiro atoms. The van der Waals surface area contributed by atoms with Crippen LogP contribution in [0.5, 0.6) is 5.75 Å². The number of nitrogens with two attached hydrogens (primary N) is 1. The molecule has 4 aliphatic rings. The molecule has 3 N–H and O–H groups in total. The molecule has 7 rings (SSSR count). The second-order valence-electron chi connectivity index (χ2n) is 10.7. The van der Waals surface area contributed by atoms with Crippen molar-refractivity contribution in [3.63, 3.8) is 0 Å². The molecule has 4 aliphatic carbocycles. The van der Waals surface area contributed by atoms with Crippen LogP contribution in [0.1, 0.15) is 50.5 Å². The van der Waals surface area contributed by atoms with E-state index in [1.165, 1.54) is 38.5 Å². The Labute approximate surface area is 194 Å². The lowest BCUT2D eigenvalue weighted by Crippen LogP contribution is -2.47. The summed E-state index contributed by atoms with van der Waals surface area (Å²) >= 11 is 0. The van der Waals surface area contributed by atoms with Crippen molar-refractivity contribution in [3.05, 3.63) is 48.0 Å². The van der Waals surface area contributed by atoms with Gasteiger partial charge >= 0.3 is 0 Å². The minimum Gasteiger partial charge on any atom is -0.496 e. The Balaban J connectivity index is 1.18. The number of nitrogens with zero attached hydrogens (tertiary/aromatic N) is 2. The van der Waals surface area contributed by atoms with E-state index in [4.69, 9.17) is 15.6 Å². The number of benzene rings is 2. The van der Waals surface area contributed by atoms with E-state index < -0.39 is 0 Å². The molecule has 0 aliphatic heterocycles. The topological polar surface area (TPSA) is 82.2 Å². The van der Waals surface area contributed by atoms with E-state index in [0.29, 0.717) is 18.8 Å². The lowest BCUT2D eigenvalue weighted by atomic mass is 9.49. The molecule has 0 saturated heterocycles. The highest BCUT2D eigenvalue weighted by Gasteiger charge is 2.51. The summed E-state index contributed by atoms with van der Waals surface area (Å²) in [5.41, 5.74) is 9.23. The molecule has 4 saturated carbocycles. The number of anilines is 2. The normalized spacial score (nSPS) is 27.7. The lowest BCUT2D eigenvalue weighted by Gasteiger charge is -2.56. The van der Waals surface area contributed by atoms with Crippen LogP contribution in [-0.2, 0) is 11.3 Å². The van der Waals surface area contributed by atoms with Crippen molar-refractivity contribution < 1.29 is 9.53 Å². The highest BCUT2D eigenvalue weighted by molar-refractivity contribution is 5.96. The molecular weight excluding hydrogens is 412 g/mol. The van der Waals surface area contributed by atoms with Crippen LogP contribution in [0, 0.1) is 23.2 Å². The number of carbonyl (C=O) groups excluding carboxylic acids is 1. The first-order valence-electron chi connectivity index (χ1n) is 12.2. The third kappa shape index (κ3) is 3.75. The number of ether oxygens (including phenoxy) is 1. The van der Waals surface area contributed by atoms with E-state index in [9.17, 15) is 4.79 Å². The molecule has 6 heteroatoms. The van der Waals surface area contributed by atoms with Gasteiger partial charge in [0.15, 0.2) is 0 Å². The molecule has 0 unspecified atom stereocenters. The number of aromatic nitrogens is 2. The zero-order chi connectivity index (χ0) is 22.6. The van der Waals surface area contributed by atoms with Crippen molar-refractivity contribution in [1.82, 2.24) is 9.78 Å². The number of nitrogen functional groups attached to an aromatic ring is 1. The third-order valence-corrected chi connectivity index (χ3v) is 8.28. The first kappa shape index (κ1) is 20.6. The van der Waals surface area contributed by atoms with Crippen molar-refractivity contribution in [1.29, 1.82) is 0 Å². The molecule has 3 aromatic rings. The average Bonchev–Trinajstić information content (AvgIpc) is 3.07. The summed E-state index contributed by atoms with van der Waals surface area (Å²) in [6.07, 6.45) is 8.59. The van der Waals surface area contributed by atoms with Crippen molar-refractivity contribution in [2.45, 2.75) is 51.5 Å². The van der Waals surface area contributed by atoms with Crippen LogP contribution in [-0.4, -0.2) is 22.8 Å². The van der Waals surface area contributed by atoms with Gasteiger partial charge in [-0.3, -0.25) is 4.79 Å². The summed E-state index contributed by atoms with van der Waals surface area (Å²) < 4.78 is 7.26. The second-order valence-corrected chi connectivity index (χ2v) is 10.7. The number of para-hydroxylation sites is 1. The van der Waals surface area contributed by atoms with E-state index in [1.807, 2.05) is 42.5 Å². The zero-order valence-corrected chi connectivity index (χ0v) is 19.2. The number of amides is 1. The summed E-state index contributed by atoms with van der Waals surface area (Å²) in [6.45, 7) is 0.526. The van der Waals surface area contributed by atoms with Crippen molar-refractivity contribution in [2.24, 2.45) is 23.2 Å². The van der Waals surface area contributed by atoms with Gasteiger partial charge in [-0.2, -0.15) is 5.10 Å². The summed E-state index contributed by atoms with van der Waals surface area (Å²) in [7, 11) is 1.67. The molecule has 0 atom stereocenters. The number of nitrogens with one attached hydrogen (secondary N) is 1. The molecule has 6 nitrogen and oxygen atoms in total. The Hall–Kier alpha value is -3.02. The number of hydrogen-bond donors (Lipinski definition) is 2. The number of methoxy groups -OCH3 is 1. The highest BCUT2D eigenvalue weighted by atomic mass is 16.5. The first-order valence-corrected chi connectivity index (χ1v) is 12.2. The minimum absolute atomic E-state index is 0.137. The molecule has 0 radical (unpaired) electrons. The van der Waals surface area contributed by atoms with E-state index in [2.05, 4.69) is 5.32 Å². The molecule has 1 heterocycles. The number of hydrogen-bond acceptors (Lipinski definition) is 4. The standard InChI is InChI=1S/C27H32N4O2/c1-33-24-5-3-2-4-20(24)16-31-26(28)22-7-6-21(11-23(22)30-31)29-25(32)15-27-12-17-8-18(13-27)10-19(9-17)14-27/h2-7,11,17-19H,8-10,12-16,28H2,1H3,(H,29,32). The van der Waals surface area contributed by atoms with Crippen molar-refractivity contribution >= 4 is 28.3 Å². The van der Waals surface area contributed by atoms with Gasteiger partial charge in [0.1, 0.15) is 11.6 Å². The monoisotopic (exact) mass is 444 g/mol. The Kier molecular flexibility index (Phi) is 4.86. The third-order valence-electron chi connectivity index (χ3n) is 8.28.